The number of rotatable bonds is 2. The molecule has 0 fully saturated rings. The molecule has 0 aliphatic carbocycles. The Morgan fingerprint density at radius 1 is 1.40 bits per heavy atom. The number of halogens is 2. The van der Waals surface area contributed by atoms with Gasteiger partial charge in [0.15, 0.2) is 0 Å². The van der Waals surface area contributed by atoms with Gasteiger partial charge in [0.2, 0.25) is 0 Å². The molecule has 3 heteroatoms. The van der Waals surface area contributed by atoms with E-state index in [1.165, 1.54) is 17.7 Å². The SMILES string of the molecule is FNCc1cccc(F)c1. The molecule has 0 unspecified atom stereocenters. The van der Waals surface area contributed by atoms with Gasteiger partial charge in [-0.15, -0.1) is 4.48 Å². The molecule has 0 bridgehead atoms. The second kappa shape index (κ2) is 3.27. The summed E-state index contributed by atoms with van der Waals surface area (Å²) < 4.78 is 23.8. The predicted octanol–water partition coefficient (Wildman–Crippen LogP) is 1.80. The summed E-state index contributed by atoms with van der Waals surface area (Å²) >= 11 is 0. The lowest BCUT2D eigenvalue weighted by Gasteiger charge is -1.95. The second-order valence-corrected chi connectivity index (χ2v) is 1.94. The van der Waals surface area contributed by atoms with Gasteiger partial charge in [-0.1, -0.05) is 12.1 Å². The molecule has 0 saturated heterocycles. The van der Waals surface area contributed by atoms with E-state index in [1.807, 2.05) is 0 Å². The average Bonchev–Trinajstić information content (AvgIpc) is 1.88. The van der Waals surface area contributed by atoms with Crippen LogP contribution in [0.15, 0.2) is 24.3 Å². The third-order valence-corrected chi connectivity index (χ3v) is 1.16. The highest BCUT2D eigenvalue weighted by atomic mass is 19.2. The molecule has 54 valence electrons. The number of hydrogen-bond acceptors (Lipinski definition) is 1. The minimum Gasteiger partial charge on any atom is -0.207 e. The fourth-order valence-electron chi connectivity index (χ4n) is 0.724. The first-order chi connectivity index (χ1) is 4.83. The van der Waals surface area contributed by atoms with E-state index >= 15 is 0 Å². The van der Waals surface area contributed by atoms with E-state index < -0.39 is 0 Å². The Hall–Kier alpha value is -0.960. The summed E-state index contributed by atoms with van der Waals surface area (Å²) in [4.78, 5) is 0. The molecule has 0 atom stereocenters. The minimum absolute atomic E-state index is 0.0533. The highest BCUT2D eigenvalue weighted by molar-refractivity contribution is 5.15. The Bertz CT molecular complexity index is 213. The third kappa shape index (κ3) is 1.77. The Morgan fingerprint density at radius 3 is 2.80 bits per heavy atom. The third-order valence-electron chi connectivity index (χ3n) is 1.16. The van der Waals surface area contributed by atoms with Crippen molar-refractivity contribution in [2.24, 2.45) is 0 Å². The number of benzene rings is 1. The first kappa shape index (κ1) is 7.15. The molecule has 1 rings (SSSR count). The van der Waals surface area contributed by atoms with Crippen molar-refractivity contribution in [3.05, 3.63) is 35.6 Å². The fraction of sp³-hybridized carbons (Fsp3) is 0.143. The monoisotopic (exact) mass is 143 g/mol. The van der Waals surface area contributed by atoms with E-state index in [4.69, 9.17) is 0 Å². The molecule has 1 nitrogen and oxygen atoms in total. The van der Waals surface area contributed by atoms with Crippen LogP contribution in [0.4, 0.5) is 8.87 Å². The van der Waals surface area contributed by atoms with Crippen LogP contribution >= 0.6 is 0 Å². The highest BCUT2D eigenvalue weighted by Gasteiger charge is 1.92. The van der Waals surface area contributed by atoms with Crippen LogP contribution in [0.25, 0.3) is 0 Å². The van der Waals surface area contributed by atoms with Gasteiger partial charge in [0.1, 0.15) is 5.82 Å². The molecular weight excluding hydrogens is 136 g/mol. The van der Waals surface area contributed by atoms with Gasteiger partial charge in [0, 0.05) is 0 Å². The minimum atomic E-state index is -0.340. The summed E-state index contributed by atoms with van der Waals surface area (Å²) in [6.45, 7) is 0.0533. The zero-order chi connectivity index (χ0) is 7.40. The van der Waals surface area contributed by atoms with Crippen molar-refractivity contribution in [2.45, 2.75) is 6.54 Å². The Kier molecular flexibility index (Phi) is 2.34. The zero-order valence-electron chi connectivity index (χ0n) is 5.27. The van der Waals surface area contributed by atoms with Gasteiger partial charge in [-0.05, 0) is 17.7 Å². The first-order valence-corrected chi connectivity index (χ1v) is 2.91. The normalized spacial score (nSPS) is 9.80. The smallest absolute Gasteiger partial charge is 0.123 e. The largest absolute Gasteiger partial charge is 0.207 e. The van der Waals surface area contributed by atoms with E-state index in [9.17, 15) is 8.87 Å². The second-order valence-electron chi connectivity index (χ2n) is 1.94. The lowest BCUT2D eigenvalue weighted by atomic mass is 10.2. The maximum Gasteiger partial charge on any atom is 0.123 e. The number of nitrogens with one attached hydrogen (secondary N) is 1. The van der Waals surface area contributed by atoms with Gasteiger partial charge in [-0.25, -0.2) is 4.39 Å². The molecule has 0 saturated carbocycles. The molecule has 1 aromatic rings. The van der Waals surface area contributed by atoms with Crippen molar-refractivity contribution in [2.75, 3.05) is 0 Å². The molecule has 0 amide bonds. The fourth-order valence-corrected chi connectivity index (χ4v) is 0.724. The van der Waals surface area contributed by atoms with Crippen molar-refractivity contribution in [3.8, 4) is 0 Å². The summed E-state index contributed by atoms with van der Waals surface area (Å²) in [7, 11) is 0. The van der Waals surface area contributed by atoms with Gasteiger partial charge in [-0.3, -0.25) is 0 Å². The van der Waals surface area contributed by atoms with Crippen LogP contribution in [0.2, 0.25) is 0 Å². The summed E-state index contributed by atoms with van der Waals surface area (Å²) in [6.07, 6.45) is 0. The van der Waals surface area contributed by atoms with Crippen LogP contribution in [0, 0.1) is 5.82 Å². The van der Waals surface area contributed by atoms with Crippen LogP contribution < -0.4 is 5.54 Å². The van der Waals surface area contributed by atoms with Gasteiger partial charge in [-0.2, -0.15) is 5.54 Å². The van der Waals surface area contributed by atoms with E-state index in [-0.39, 0.29) is 12.4 Å². The van der Waals surface area contributed by atoms with E-state index in [2.05, 4.69) is 0 Å². The van der Waals surface area contributed by atoms with E-state index in [0.717, 1.165) is 0 Å². The average molecular weight is 143 g/mol. The quantitative estimate of drug-likeness (QED) is 0.622. The number of hydrogen-bond donors (Lipinski definition) is 1. The van der Waals surface area contributed by atoms with Gasteiger partial charge < -0.3 is 0 Å². The topological polar surface area (TPSA) is 12.0 Å². The first-order valence-electron chi connectivity index (χ1n) is 2.91. The molecule has 0 aromatic heterocycles. The van der Waals surface area contributed by atoms with Crippen molar-refractivity contribution in [1.29, 1.82) is 0 Å². The Balaban J connectivity index is 2.75. The Labute approximate surface area is 57.6 Å². The van der Waals surface area contributed by atoms with Crippen LogP contribution in [-0.4, -0.2) is 0 Å². The molecular formula is C7H7F2N. The predicted molar refractivity (Wildman–Crippen MR) is 34.3 cm³/mol. The lowest BCUT2D eigenvalue weighted by molar-refractivity contribution is 0.330. The van der Waals surface area contributed by atoms with E-state index in [0.29, 0.717) is 5.56 Å². The zero-order valence-corrected chi connectivity index (χ0v) is 5.27. The van der Waals surface area contributed by atoms with Gasteiger partial charge in [0.05, 0.1) is 6.54 Å². The maximum absolute atomic E-state index is 12.3. The summed E-state index contributed by atoms with van der Waals surface area (Å²) in [5, 5.41) is 0. The molecule has 0 aliphatic rings. The molecule has 1 aromatic carbocycles. The molecule has 10 heavy (non-hydrogen) atoms. The standard InChI is InChI=1S/C7H7F2N/c8-7-3-1-2-6(4-7)5-10-9/h1-4,10H,5H2. The van der Waals surface area contributed by atoms with Crippen molar-refractivity contribution >= 4 is 0 Å². The summed E-state index contributed by atoms with van der Waals surface area (Å²) in [6, 6.07) is 5.80. The summed E-state index contributed by atoms with van der Waals surface area (Å²) in [5.74, 6) is -0.340. The molecule has 0 radical (unpaired) electrons. The van der Waals surface area contributed by atoms with Gasteiger partial charge in [0.25, 0.3) is 0 Å². The van der Waals surface area contributed by atoms with Crippen molar-refractivity contribution in [3.63, 3.8) is 0 Å². The Morgan fingerprint density at radius 2 is 2.20 bits per heavy atom. The lowest BCUT2D eigenvalue weighted by Crippen LogP contribution is -1.99. The van der Waals surface area contributed by atoms with Crippen molar-refractivity contribution in [1.82, 2.24) is 5.54 Å². The van der Waals surface area contributed by atoms with Crippen LogP contribution in [-0.2, 0) is 6.54 Å². The highest BCUT2D eigenvalue weighted by Crippen LogP contribution is 2.02. The molecule has 0 aliphatic heterocycles. The van der Waals surface area contributed by atoms with Crippen LogP contribution in [0.5, 0.6) is 0 Å². The van der Waals surface area contributed by atoms with Crippen LogP contribution in [0.3, 0.4) is 0 Å². The van der Waals surface area contributed by atoms with Gasteiger partial charge >= 0.3 is 0 Å². The molecule has 1 N–H and O–H groups in total. The van der Waals surface area contributed by atoms with E-state index in [1.54, 1.807) is 12.1 Å². The molecule has 0 heterocycles. The summed E-state index contributed by atoms with van der Waals surface area (Å²) in [5.41, 5.74) is 2.04. The van der Waals surface area contributed by atoms with Crippen molar-refractivity contribution < 1.29 is 8.87 Å². The maximum atomic E-state index is 12.3. The van der Waals surface area contributed by atoms with Crippen LogP contribution in [0.1, 0.15) is 5.56 Å². The molecule has 0 spiro atoms.